The van der Waals surface area contributed by atoms with Gasteiger partial charge in [-0.2, -0.15) is 0 Å². The molecular formula is C13H13Br4ClO2. The van der Waals surface area contributed by atoms with Crippen molar-refractivity contribution in [2.24, 2.45) is 0 Å². The fourth-order valence-corrected chi connectivity index (χ4v) is 3.16. The molecule has 0 saturated carbocycles. The highest BCUT2D eigenvalue weighted by atomic mass is 79.9. The third kappa shape index (κ3) is 7.16. The van der Waals surface area contributed by atoms with Crippen LogP contribution in [0.4, 0.5) is 0 Å². The van der Waals surface area contributed by atoms with Gasteiger partial charge in [-0.1, -0.05) is 0 Å². The SMILES string of the molecule is ClCCCCOc1c(Br)cc(OCC=C(Br)Br)cc1Br. The van der Waals surface area contributed by atoms with Gasteiger partial charge in [0.25, 0.3) is 0 Å². The van der Waals surface area contributed by atoms with Crippen molar-refractivity contribution in [3.05, 3.63) is 30.5 Å². The number of alkyl halides is 1. The second-order valence-corrected chi connectivity index (χ2v) is 8.62. The zero-order valence-corrected chi connectivity index (χ0v) is 17.6. The van der Waals surface area contributed by atoms with Crippen LogP contribution in [-0.2, 0) is 0 Å². The second-order valence-electron chi connectivity index (χ2n) is 3.77. The molecule has 1 aromatic carbocycles. The summed E-state index contributed by atoms with van der Waals surface area (Å²) < 4.78 is 13.9. The first-order valence-corrected chi connectivity index (χ1v) is 9.57. The predicted octanol–water partition coefficient (Wildman–Crippen LogP) is 6.62. The molecule has 0 atom stereocenters. The van der Waals surface area contributed by atoms with Gasteiger partial charge >= 0.3 is 0 Å². The second kappa shape index (κ2) is 10.5. The average Bonchev–Trinajstić information content (AvgIpc) is 2.36. The summed E-state index contributed by atoms with van der Waals surface area (Å²) in [5, 5.41) is 0. The van der Waals surface area contributed by atoms with Gasteiger partial charge in [-0.25, -0.2) is 0 Å². The molecule has 0 aliphatic rings. The minimum atomic E-state index is 0.473. The lowest BCUT2D eigenvalue weighted by atomic mass is 10.3. The molecule has 1 rings (SSSR count). The lowest BCUT2D eigenvalue weighted by Gasteiger charge is -2.12. The largest absolute Gasteiger partial charge is 0.491 e. The molecule has 1 aromatic rings. The van der Waals surface area contributed by atoms with E-state index in [-0.39, 0.29) is 0 Å². The summed E-state index contributed by atoms with van der Waals surface area (Å²) in [4.78, 5) is 0. The summed E-state index contributed by atoms with van der Waals surface area (Å²) in [6.07, 6.45) is 3.76. The topological polar surface area (TPSA) is 18.5 Å². The molecular weight excluding hydrogens is 543 g/mol. The van der Waals surface area contributed by atoms with Crippen molar-refractivity contribution in [2.75, 3.05) is 19.1 Å². The molecule has 20 heavy (non-hydrogen) atoms. The van der Waals surface area contributed by atoms with Crippen molar-refractivity contribution in [3.63, 3.8) is 0 Å². The van der Waals surface area contributed by atoms with E-state index in [4.69, 9.17) is 21.1 Å². The fraction of sp³-hybridized carbons (Fsp3) is 0.385. The van der Waals surface area contributed by atoms with E-state index < -0.39 is 0 Å². The zero-order chi connectivity index (χ0) is 15.0. The lowest BCUT2D eigenvalue weighted by molar-refractivity contribution is 0.304. The first-order chi connectivity index (χ1) is 9.54. The highest BCUT2D eigenvalue weighted by Gasteiger charge is 2.09. The van der Waals surface area contributed by atoms with Crippen LogP contribution in [0.15, 0.2) is 30.5 Å². The third-order valence-electron chi connectivity index (χ3n) is 2.23. The Morgan fingerprint density at radius 2 is 1.75 bits per heavy atom. The normalized spacial score (nSPS) is 10.2. The maximum atomic E-state index is 5.73. The predicted molar refractivity (Wildman–Crippen MR) is 98.7 cm³/mol. The van der Waals surface area contributed by atoms with E-state index in [1.807, 2.05) is 18.2 Å². The van der Waals surface area contributed by atoms with Gasteiger partial charge in [0.05, 0.1) is 18.9 Å². The molecule has 0 aromatic heterocycles. The molecule has 0 aliphatic heterocycles. The minimum Gasteiger partial charge on any atom is -0.491 e. The van der Waals surface area contributed by atoms with E-state index in [9.17, 15) is 0 Å². The van der Waals surface area contributed by atoms with Crippen molar-refractivity contribution >= 4 is 75.3 Å². The van der Waals surface area contributed by atoms with E-state index >= 15 is 0 Å². The number of hydrogen-bond donors (Lipinski definition) is 0. The molecule has 0 bridgehead atoms. The summed E-state index contributed by atoms with van der Waals surface area (Å²) in [5.41, 5.74) is 0. The van der Waals surface area contributed by atoms with Crippen LogP contribution in [-0.4, -0.2) is 19.1 Å². The first-order valence-electron chi connectivity index (χ1n) is 5.86. The number of rotatable bonds is 8. The average molecular weight is 556 g/mol. The smallest absolute Gasteiger partial charge is 0.147 e. The number of benzene rings is 1. The van der Waals surface area contributed by atoms with Crippen LogP contribution in [0, 0.1) is 0 Å². The summed E-state index contributed by atoms with van der Waals surface area (Å²) in [6, 6.07) is 3.77. The van der Waals surface area contributed by atoms with Crippen LogP contribution >= 0.6 is 75.3 Å². The number of halogens is 5. The van der Waals surface area contributed by atoms with Crippen LogP contribution < -0.4 is 9.47 Å². The minimum absolute atomic E-state index is 0.473. The Balaban J connectivity index is 2.63. The molecule has 2 nitrogen and oxygen atoms in total. The van der Waals surface area contributed by atoms with Crippen LogP contribution in [0.3, 0.4) is 0 Å². The molecule has 7 heteroatoms. The Bertz CT molecular complexity index is 439. The first kappa shape index (κ1) is 18.8. The molecule has 0 fully saturated rings. The van der Waals surface area contributed by atoms with Crippen molar-refractivity contribution < 1.29 is 9.47 Å². The number of hydrogen-bond acceptors (Lipinski definition) is 2. The zero-order valence-electron chi connectivity index (χ0n) is 10.5. The molecule has 0 saturated heterocycles. The highest BCUT2D eigenvalue weighted by molar-refractivity contribution is 9.28. The highest BCUT2D eigenvalue weighted by Crippen LogP contribution is 2.37. The fourth-order valence-electron chi connectivity index (χ4n) is 1.33. The lowest BCUT2D eigenvalue weighted by Crippen LogP contribution is -2.00. The Morgan fingerprint density at radius 3 is 2.30 bits per heavy atom. The summed E-state index contributed by atoms with van der Waals surface area (Å²) in [6.45, 7) is 1.12. The molecule has 0 unspecified atom stereocenters. The van der Waals surface area contributed by atoms with E-state index in [2.05, 4.69) is 63.7 Å². The summed E-state index contributed by atoms with van der Waals surface area (Å²) >= 11 is 19.2. The van der Waals surface area contributed by atoms with E-state index in [0.717, 1.165) is 36.7 Å². The summed E-state index contributed by atoms with van der Waals surface area (Å²) in [5.74, 6) is 2.20. The molecule has 112 valence electrons. The quantitative estimate of drug-likeness (QED) is 0.265. The van der Waals surface area contributed by atoms with Gasteiger partial charge in [-0.3, -0.25) is 0 Å². The van der Waals surface area contributed by atoms with Gasteiger partial charge in [-0.15, -0.1) is 11.6 Å². The standard InChI is InChI=1S/C13H13Br4ClO2/c14-10-7-9(19-6-3-12(16)17)8-11(15)13(10)20-5-2-1-4-18/h3,7-8H,1-2,4-6H2. The molecule has 0 heterocycles. The molecule has 0 N–H and O–H groups in total. The van der Waals surface area contributed by atoms with E-state index in [1.165, 1.54) is 0 Å². The van der Waals surface area contributed by atoms with Crippen molar-refractivity contribution in [2.45, 2.75) is 12.8 Å². The van der Waals surface area contributed by atoms with Gasteiger partial charge in [0.15, 0.2) is 0 Å². The van der Waals surface area contributed by atoms with Gasteiger partial charge in [-0.05, 0) is 94.8 Å². The maximum Gasteiger partial charge on any atom is 0.147 e. The Labute approximate surface area is 157 Å². The van der Waals surface area contributed by atoms with Gasteiger partial charge < -0.3 is 9.47 Å². The van der Waals surface area contributed by atoms with Gasteiger partial charge in [0, 0.05) is 5.88 Å². The van der Waals surface area contributed by atoms with Crippen LogP contribution in [0.25, 0.3) is 0 Å². The van der Waals surface area contributed by atoms with Crippen molar-refractivity contribution in [1.29, 1.82) is 0 Å². The third-order valence-corrected chi connectivity index (χ3v) is 4.33. The van der Waals surface area contributed by atoms with Gasteiger partial charge in [0.2, 0.25) is 0 Å². The van der Waals surface area contributed by atoms with Crippen molar-refractivity contribution in [3.8, 4) is 11.5 Å². The van der Waals surface area contributed by atoms with E-state index in [1.54, 1.807) is 0 Å². The van der Waals surface area contributed by atoms with Crippen LogP contribution in [0.5, 0.6) is 11.5 Å². The Morgan fingerprint density at radius 1 is 1.10 bits per heavy atom. The Hall–Kier alpha value is 0.770. The molecule has 0 radical (unpaired) electrons. The number of ether oxygens (including phenoxy) is 2. The Kier molecular flexibility index (Phi) is 9.87. The maximum absolute atomic E-state index is 5.73. The van der Waals surface area contributed by atoms with Crippen molar-refractivity contribution in [1.82, 2.24) is 0 Å². The van der Waals surface area contributed by atoms with E-state index in [0.29, 0.717) is 19.1 Å². The molecule has 0 aliphatic carbocycles. The van der Waals surface area contributed by atoms with Crippen LogP contribution in [0.2, 0.25) is 0 Å². The molecule has 0 amide bonds. The number of unbranched alkanes of at least 4 members (excludes halogenated alkanes) is 1. The van der Waals surface area contributed by atoms with Gasteiger partial charge in [0.1, 0.15) is 18.1 Å². The summed E-state index contributed by atoms with van der Waals surface area (Å²) in [7, 11) is 0. The monoisotopic (exact) mass is 552 g/mol. The molecule has 0 spiro atoms. The van der Waals surface area contributed by atoms with Crippen LogP contribution in [0.1, 0.15) is 12.8 Å².